The quantitative estimate of drug-likeness (QED) is 0.702. The van der Waals surface area contributed by atoms with Crippen LogP contribution in [0.25, 0.3) is 0 Å². The Kier molecular flexibility index (Phi) is 6.01. The van der Waals surface area contributed by atoms with E-state index in [1.165, 1.54) is 64.2 Å². The topological polar surface area (TPSA) is 20.2 Å². The molecule has 0 saturated heterocycles. The van der Waals surface area contributed by atoms with E-state index in [0.717, 1.165) is 30.6 Å². The molecule has 0 bridgehead atoms. The minimum atomic E-state index is 0.00149. The molecular weight excluding hydrogens is 220 g/mol. The molecule has 3 atom stereocenters. The van der Waals surface area contributed by atoms with E-state index in [2.05, 4.69) is 6.92 Å². The van der Waals surface area contributed by atoms with Crippen LogP contribution < -0.4 is 0 Å². The van der Waals surface area contributed by atoms with Crippen molar-refractivity contribution in [2.75, 3.05) is 0 Å². The molecule has 0 amide bonds. The summed E-state index contributed by atoms with van der Waals surface area (Å²) < 4.78 is 0. The Morgan fingerprint density at radius 2 is 1.28 bits per heavy atom. The fourth-order valence-electron chi connectivity index (χ4n) is 4.26. The number of rotatable bonds is 1. The van der Waals surface area contributed by atoms with Crippen molar-refractivity contribution in [3.8, 4) is 0 Å². The molecule has 2 saturated carbocycles. The summed E-state index contributed by atoms with van der Waals surface area (Å²) in [5.41, 5.74) is 0. The molecule has 0 aliphatic heterocycles. The summed E-state index contributed by atoms with van der Waals surface area (Å²) in [7, 11) is 0. The van der Waals surface area contributed by atoms with E-state index in [1.807, 2.05) is 0 Å². The summed E-state index contributed by atoms with van der Waals surface area (Å²) in [6, 6.07) is 0. The summed E-state index contributed by atoms with van der Waals surface area (Å²) in [4.78, 5) is 0. The Hall–Kier alpha value is -0.0400. The van der Waals surface area contributed by atoms with Crippen molar-refractivity contribution in [2.24, 2.45) is 17.8 Å². The summed E-state index contributed by atoms with van der Waals surface area (Å²) in [5, 5.41) is 9.95. The van der Waals surface area contributed by atoms with Crippen LogP contribution in [-0.4, -0.2) is 11.2 Å². The fraction of sp³-hybridized carbons (Fsp3) is 1.00. The van der Waals surface area contributed by atoms with Gasteiger partial charge < -0.3 is 5.11 Å². The summed E-state index contributed by atoms with van der Waals surface area (Å²) in [5.74, 6) is 2.57. The third-order valence-electron chi connectivity index (χ3n) is 5.49. The second-order valence-corrected chi connectivity index (χ2v) is 6.92. The van der Waals surface area contributed by atoms with Gasteiger partial charge in [-0.1, -0.05) is 64.7 Å². The van der Waals surface area contributed by atoms with Gasteiger partial charge in [0.25, 0.3) is 0 Å². The predicted molar refractivity (Wildman–Crippen MR) is 77.6 cm³/mol. The van der Waals surface area contributed by atoms with Crippen LogP contribution in [0.3, 0.4) is 0 Å². The van der Waals surface area contributed by atoms with Gasteiger partial charge in [-0.25, -0.2) is 0 Å². The average molecular weight is 252 g/mol. The molecule has 1 unspecified atom stereocenters. The molecule has 0 spiro atoms. The van der Waals surface area contributed by atoms with Crippen LogP contribution in [0.4, 0.5) is 0 Å². The lowest BCUT2D eigenvalue weighted by Gasteiger charge is -2.38. The molecule has 2 aliphatic carbocycles. The minimum Gasteiger partial charge on any atom is -0.393 e. The van der Waals surface area contributed by atoms with Crippen LogP contribution in [0.1, 0.15) is 84.0 Å². The number of aliphatic hydroxyl groups is 1. The second kappa shape index (κ2) is 7.53. The van der Waals surface area contributed by atoms with E-state index in [9.17, 15) is 5.11 Å². The molecule has 0 heterocycles. The molecule has 18 heavy (non-hydrogen) atoms. The zero-order chi connectivity index (χ0) is 12.8. The van der Waals surface area contributed by atoms with Crippen LogP contribution in [0.5, 0.6) is 0 Å². The number of aliphatic hydroxyl groups excluding tert-OH is 1. The van der Waals surface area contributed by atoms with Gasteiger partial charge in [0.05, 0.1) is 6.10 Å². The molecule has 2 rings (SSSR count). The van der Waals surface area contributed by atoms with E-state index >= 15 is 0 Å². The van der Waals surface area contributed by atoms with Gasteiger partial charge in [-0.15, -0.1) is 0 Å². The summed E-state index contributed by atoms with van der Waals surface area (Å²) in [6.45, 7) is 2.43. The van der Waals surface area contributed by atoms with Crippen LogP contribution in [0.15, 0.2) is 0 Å². The second-order valence-electron chi connectivity index (χ2n) is 6.92. The molecule has 1 heteroatoms. The van der Waals surface area contributed by atoms with Crippen molar-refractivity contribution < 1.29 is 5.11 Å². The maximum absolute atomic E-state index is 9.95. The molecule has 0 aromatic carbocycles. The van der Waals surface area contributed by atoms with Gasteiger partial charge in [0.1, 0.15) is 0 Å². The predicted octanol–water partition coefficient (Wildman–Crippen LogP) is 4.92. The first kappa shape index (κ1) is 14.4. The van der Waals surface area contributed by atoms with Gasteiger partial charge in [0.15, 0.2) is 0 Å². The summed E-state index contributed by atoms with van der Waals surface area (Å²) in [6.07, 6.45) is 16.4. The lowest BCUT2D eigenvalue weighted by molar-refractivity contribution is 0.0420. The normalized spacial score (nSPS) is 37.3. The smallest absolute Gasteiger partial charge is 0.0543 e. The first-order valence-electron chi connectivity index (χ1n) is 8.45. The highest BCUT2D eigenvalue weighted by Crippen LogP contribution is 2.40. The molecule has 0 aromatic rings. The van der Waals surface area contributed by atoms with Crippen molar-refractivity contribution in [3.63, 3.8) is 0 Å². The van der Waals surface area contributed by atoms with Crippen molar-refractivity contribution in [2.45, 2.75) is 90.1 Å². The van der Waals surface area contributed by atoms with E-state index in [1.54, 1.807) is 0 Å². The molecule has 1 nitrogen and oxygen atoms in total. The Morgan fingerprint density at radius 1 is 0.722 bits per heavy atom. The maximum Gasteiger partial charge on any atom is 0.0543 e. The van der Waals surface area contributed by atoms with Crippen molar-refractivity contribution in [1.29, 1.82) is 0 Å². The molecule has 1 N–H and O–H groups in total. The fourth-order valence-corrected chi connectivity index (χ4v) is 4.26. The van der Waals surface area contributed by atoms with E-state index in [0.29, 0.717) is 0 Å². The number of hydrogen-bond acceptors (Lipinski definition) is 1. The maximum atomic E-state index is 9.95. The highest BCUT2D eigenvalue weighted by atomic mass is 16.3. The van der Waals surface area contributed by atoms with Crippen molar-refractivity contribution in [3.05, 3.63) is 0 Å². The molecule has 2 fully saturated rings. The Bertz CT molecular complexity index is 216. The van der Waals surface area contributed by atoms with Gasteiger partial charge in [0.2, 0.25) is 0 Å². The molecule has 0 radical (unpaired) electrons. The zero-order valence-electron chi connectivity index (χ0n) is 12.2. The number of hydrogen-bond donors (Lipinski definition) is 1. The van der Waals surface area contributed by atoms with Gasteiger partial charge in [-0.05, 0) is 37.0 Å². The van der Waals surface area contributed by atoms with Crippen LogP contribution >= 0.6 is 0 Å². The lowest BCUT2D eigenvalue weighted by atomic mass is 9.69. The van der Waals surface area contributed by atoms with E-state index < -0.39 is 0 Å². The third-order valence-corrected chi connectivity index (χ3v) is 5.49. The van der Waals surface area contributed by atoms with Crippen LogP contribution in [0.2, 0.25) is 0 Å². The zero-order valence-corrected chi connectivity index (χ0v) is 12.2. The lowest BCUT2D eigenvalue weighted by Crippen LogP contribution is -2.31. The largest absolute Gasteiger partial charge is 0.393 e. The molecule has 106 valence electrons. The standard InChI is InChI=1S/C17H32O/c1-14-11-12-16(18)13-17(14)15-9-7-5-3-2-4-6-8-10-15/h14-18H,2-13H2,1H3/t14-,16+,17?/m1/s1. The monoisotopic (exact) mass is 252 g/mol. The SMILES string of the molecule is C[C@@H]1CC[C@H](O)CC1C1CCCCCCCCC1. The van der Waals surface area contributed by atoms with E-state index in [-0.39, 0.29) is 6.10 Å². The Morgan fingerprint density at radius 3 is 1.89 bits per heavy atom. The Balaban J connectivity index is 1.89. The van der Waals surface area contributed by atoms with E-state index in [4.69, 9.17) is 0 Å². The van der Waals surface area contributed by atoms with Crippen LogP contribution in [0, 0.1) is 17.8 Å². The van der Waals surface area contributed by atoms with Crippen molar-refractivity contribution >= 4 is 0 Å². The van der Waals surface area contributed by atoms with Gasteiger partial charge in [-0.3, -0.25) is 0 Å². The van der Waals surface area contributed by atoms with Gasteiger partial charge in [0, 0.05) is 0 Å². The third kappa shape index (κ3) is 4.26. The van der Waals surface area contributed by atoms with Gasteiger partial charge in [-0.2, -0.15) is 0 Å². The first-order valence-corrected chi connectivity index (χ1v) is 8.45. The van der Waals surface area contributed by atoms with Crippen molar-refractivity contribution in [1.82, 2.24) is 0 Å². The highest BCUT2D eigenvalue weighted by molar-refractivity contribution is 4.82. The molecule has 0 aromatic heterocycles. The summed E-state index contributed by atoms with van der Waals surface area (Å²) >= 11 is 0. The molecule has 2 aliphatic rings. The minimum absolute atomic E-state index is 0.00149. The average Bonchev–Trinajstić information content (AvgIpc) is 2.39. The van der Waals surface area contributed by atoms with Crippen LogP contribution in [-0.2, 0) is 0 Å². The highest BCUT2D eigenvalue weighted by Gasteiger charge is 2.32. The van der Waals surface area contributed by atoms with Gasteiger partial charge >= 0.3 is 0 Å². The molecular formula is C17H32O. The Labute approximate surface area is 113 Å². The first-order chi connectivity index (χ1) is 8.77.